The molecule has 2 aromatic rings. The van der Waals surface area contributed by atoms with Crippen LogP contribution in [0.4, 0.5) is 17.1 Å². The Bertz CT molecular complexity index is 655. The number of hydrogen-bond acceptors (Lipinski definition) is 4. The highest BCUT2D eigenvalue weighted by molar-refractivity contribution is 6.30. The highest BCUT2D eigenvalue weighted by Crippen LogP contribution is 2.23. The van der Waals surface area contributed by atoms with Gasteiger partial charge >= 0.3 is 0 Å². The lowest BCUT2D eigenvalue weighted by Gasteiger charge is -2.01. The maximum atomic E-state index is 11.1. The molecule has 2 aromatic carbocycles. The molecule has 2 rings (SSSR count). The Morgan fingerprint density at radius 1 is 1.05 bits per heavy atom. The maximum Gasteiger partial charge on any atom is 0.250 e. The molecular formula is C13H11ClN4O. The monoisotopic (exact) mass is 274 g/mol. The molecule has 0 aliphatic heterocycles. The summed E-state index contributed by atoms with van der Waals surface area (Å²) in [6, 6.07) is 11.7. The molecule has 0 unspecified atom stereocenters. The molecule has 0 radical (unpaired) electrons. The van der Waals surface area contributed by atoms with Crippen molar-refractivity contribution in [1.29, 1.82) is 0 Å². The van der Waals surface area contributed by atoms with Crippen molar-refractivity contribution in [2.45, 2.75) is 0 Å². The van der Waals surface area contributed by atoms with E-state index in [4.69, 9.17) is 23.1 Å². The fourth-order valence-corrected chi connectivity index (χ4v) is 1.66. The van der Waals surface area contributed by atoms with Gasteiger partial charge in [0.25, 0.3) is 5.91 Å². The first-order chi connectivity index (χ1) is 9.06. The second kappa shape index (κ2) is 5.49. The molecule has 96 valence electrons. The number of nitrogens with zero attached hydrogens (tertiary/aromatic N) is 2. The van der Waals surface area contributed by atoms with Crippen LogP contribution in [0, 0.1) is 0 Å². The minimum Gasteiger partial charge on any atom is -0.398 e. The molecule has 0 heterocycles. The van der Waals surface area contributed by atoms with Gasteiger partial charge < -0.3 is 11.5 Å². The Hall–Kier alpha value is -2.40. The second-order valence-corrected chi connectivity index (χ2v) is 4.25. The van der Waals surface area contributed by atoms with Gasteiger partial charge in [-0.05, 0) is 36.4 Å². The Labute approximate surface area is 114 Å². The summed E-state index contributed by atoms with van der Waals surface area (Å²) in [5.74, 6) is -0.600. The molecule has 0 aliphatic rings. The first kappa shape index (κ1) is 13.0. The van der Waals surface area contributed by atoms with Crippen LogP contribution in [-0.4, -0.2) is 5.91 Å². The van der Waals surface area contributed by atoms with Crippen LogP contribution >= 0.6 is 11.6 Å². The molecule has 0 aromatic heterocycles. The Balaban J connectivity index is 2.29. The van der Waals surface area contributed by atoms with Gasteiger partial charge in [-0.3, -0.25) is 4.79 Å². The number of anilines is 1. The summed E-state index contributed by atoms with van der Waals surface area (Å²) in [4.78, 5) is 11.1. The standard InChI is InChI=1S/C13H11ClN4O/c14-8-2-1-3-9(6-8)17-18-10-4-5-12(15)11(7-10)13(16)19/h1-7H,15H2,(H2,16,19)/b18-17+. The number of primary amides is 1. The molecule has 0 bridgehead atoms. The summed E-state index contributed by atoms with van der Waals surface area (Å²) < 4.78 is 0. The number of hydrogen-bond donors (Lipinski definition) is 2. The van der Waals surface area contributed by atoms with E-state index in [0.717, 1.165) is 0 Å². The molecule has 5 nitrogen and oxygen atoms in total. The van der Waals surface area contributed by atoms with Crippen molar-refractivity contribution in [2.75, 3.05) is 5.73 Å². The molecule has 0 atom stereocenters. The van der Waals surface area contributed by atoms with Gasteiger partial charge in [0.05, 0.1) is 16.9 Å². The van der Waals surface area contributed by atoms with Gasteiger partial charge in [-0.2, -0.15) is 10.2 Å². The van der Waals surface area contributed by atoms with Crippen molar-refractivity contribution >= 4 is 34.6 Å². The third-order valence-electron chi connectivity index (χ3n) is 2.39. The number of carbonyl (C=O) groups is 1. The largest absolute Gasteiger partial charge is 0.398 e. The quantitative estimate of drug-likeness (QED) is 0.662. The summed E-state index contributed by atoms with van der Waals surface area (Å²) in [7, 11) is 0. The minimum absolute atomic E-state index is 0.225. The lowest BCUT2D eigenvalue weighted by Crippen LogP contribution is -2.13. The van der Waals surface area contributed by atoms with Crippen LogP contribution in [0.15, 0.2) is 52.7 Å². The highest BCUT2D eigenvalue weighted by atomic mass is 35.5. The van der Waals surface area contributed by atoms with Crippen molar-refractivity contribution < 1.29 is 4.79 Å². The van der Waals surface area contributed by atoms with Crippen LogP contribution in [0.25, 0.3) is 0 Å². The normalized spacial score (nSPS) is 10.8. The molecule has 1 amide bonds. The van der Waals surface area contributed by atoms with Crippen LogP contribution in [0.2, 0.25) is 5.02 Å². The predicted octanol–water partition coefficient (Wildman–Crippen LogP) is 3.44. The number of benzene rings is 2. The maximum absolute atomic E-state index is 11.1. The zero-order chi connectivity index (χ0) is 13.8. The van der Waals surface area contributed by atoms with Gasteiger partial charge in [0.15, 0.2) is 0 Å². The number of carbonyl (C=O) groups excluding carboxylic acids is 1. The molecule has 0 saturated heterocycles. The minimum atomic E-state index is -0.600. The zero-order valence-electron chi connectivity index (χ0n) is 9.88. The second-order valence-electron chi connectivity index (χ2n) is 3.82. The van der Waals surface area contributed by atoms with E-state index in [1.807, 2.05) is 0 Å². The number of nitrogens with two attached hydrogens (primary N) is 2. The smallest absolute Gasteiger partial charge is 0.250 e. The number of nitrogen functional groups attached to an aromatic ring is 1. The lowest BCUT2D eigenvalue weighted by atomic mass is 10.1. The van der Waals surface area contributed by atoms with Crippen molar-refractivity contribution in [3.05, 3.63) is 53.1 Å². The van der Waals surface area contributed by atoms with Crippen LogP contribution in [-0.2, 0) is 0 Å². The summed E-state index contributed by atoms with van der Waals surface area (Å²) in [5, 5.41) is 8.60. The van der Waals surface area contributed by atoms with Crippen molar-refractivity contribution in [2.24, 2.45) is 16.0 Å². The number of halogens is 1. The van der Waals surface area contributed by atoms with Crippen LogP contribution in [0.1, 0.15) is 10.4 Å². The van der Waals surface area contributed by atoms with E-state index in [2.05, 4.69) is 10.2 Å². The summed E-state index contributed by atoms with van der Waals surface area (Å²) >= 11 is 5.83. The van der Waals surface area contributed by atoms with E-state index in [1.165, 1.54) is 6.07 Å². The first-order valence-corrected chi connectivity index (χ1v) is 5.81. The Morgan fingerprint density at radius 2 is 1.74 bits per heavy atom. The molecule has 19 heavy (non-hydrogen) atoms. The van der Waals surface area contributed by atoms with Gasteiger partial charge in [0, 0.05) is 10.7 Å². The van der Waals surface area contributed by atoms with Crippen molar-refractivity contribution in [3.63, 3.8) is 0 Å². The molecular weight excluding hydrogens is 264 g/mol. The predicted molar refractivity (Wildman–Crippen MR) is 75.0 cm³/mol. The number of rotatable bonds is 3. The zero-order valence-corrected chi connectivity index (χ0v) is 10.6. The SMILES string of the molecule is NC(=O)c1cc(/N=N/c2cccc(Cl)c2)ccc1N. The van der Waals surface area contributed by atoms with Crippen molar-refractivity contribution in [3.8, 4) is 0 Å². The van der Waals surface area contributed by atoms with Gasteiger partial charge in [-0.25, -0.2) is 0 Å². The fraction of sp³-hybridized carbons (Fsp3) is 0. The molecule has 0 aliphatic carbocycles. The van der Waals surface area contributed by atoms with Crippen LogP contribution in [0.3, 0.4) is 0 Å². The summed E-state index contributed by atoms with van der Waals surface area (Å²) in [6.45, 7) is 0. The van der Waals surface area contributed by atoms with E-state index < -0.39 is 5.91 Å². The molecule has 4 N–H and O–H groups in total. The van der Waals surface area contributed by atoms with Gasteiger partial charge in [0.1, 0.15) is 0 Å². The molecule has 0 fully saturated rings. The Kier molecular flexibility index (Phi) is 3.77. The first-order valence-electron chi connectivity index (χ1n) is 5.43. The average Bonchev–Trinajstić information content (AvgIpc) is 2.37. The third kappa shape index (κ3) is 3.29. The lowest BCUT2D eigenvalue weighted by molar-refractivity contribution is 0.100. The fourth-order valence-electron chi connectivity index (χ4n) is 1.47. The summed E-state index contributed by atoms with van der Waals surface area (Å²) in [5.41, 5.74) is 12.5. The molecule has 0 spiro atoms. The van der Waals surface area contributed by atoms with E-state index in [-0.39, 0.29) is 5.56 Å². The van der Waals surface area contributed by atoms with E-state index in [9.17, 15) is 4.79 Å². The summed E-state index contributed by atoms with van der Waals surface area (Å²) in [6.07, 6.45) is 0. The highest BCUT2D eigenvalue weighted by Gasteiger charge is 2.06. The third-order valence-corrected chi connectivity index (χ3v) is 2.63. The molecule has 6 heteroatoms. The van der Waals surface area contributed by atoms with Crippen LogP contribution in [0.5, 0.6) is 0 Å². The van der Waals surface area contributed by atoms with E-state index >= 15 is 0 Å². The Morgan fingerprint density at radius 3 is 2.37 bits per heavy atom. The number of azo groups is 1. The van der Waals surface area contributed by atoms with E-state index in [1.54, 1.807) is 36.4 Å². The van der Waals surface area contributed by atoms with E-state index in [0.29, 0.717) is 22.1 Å². The molecule has 0 saturated carbocycles. The number of amides is 1. The van der Waals surface area contributed by atoms with Gasteiger partial charge in [-0.1, -0.05) is 17.7 Å². The van der Waals surface area contributed by atoms with Gasteiger partial charge in [-0.15, -0.1) is 0 Å². The topological polar surface area (TPSA) is 93.8 Å². The van der Waals surface area contributed by atoms with Crippen LogP contribution < -0.4 is 11.5 Å². The van der Waals surface area contributed by atoms with Crippen molar-refractivity contribution in [1.82, 2.24) is 0 Å². The average molecular weight is 275 g/mol. The van der Waals surface area contributed by atoms with Gasteiger partial charge in [0.2, 0.25) is 0 Å².